The maximum atomic E-state index is 12.6. The minimum Gasteiger partial charge on any atom is -0.342 e. The Morgan fingerprint density at radius 1 is 1.03 bits per heavy atom. The van der Waals surface area contributed by atoms with Crippen LogP contribution in [0.4, 0.5) is 0 Å². The summed E-state index contributed by atoms with van der Waals surface area (Å²) < 4.78 is 3.36. The molecule has 2 aromatic rings. The number of ketones is 1. The van der Waals surface area contributed by atoms with Crippen LogP contribution in [-0.4, -0.2) is 48.8 Å². The number of fused-ring (bicyclic) bond motifs is 1. The first-order chi connectivity index (χ1) is 14.0. The number of nitrogens with zero attached hydrogens (tertiary/aromatic N) is 4. The summed E-state index contributed by atoms with van der Waals surface area (Å²) in [6.07, 6.45) is 4.05. The van der Waals surface area contributed by atoms with Crippen LogP contribution in [0.3, 0.4) is 0 Å². The topological polar surface area (TPSA) is 110 Å². The molecule has 1 aliphatic rings. The van der Waals surface area contributed by atoms with Crippen molar-refractivity contribution in [3.63, 3.8) is 0 Å². The third kappa shape index (κ3) is 4.49. The number of amides is 1. The third-order valence-corrected chi connectivity index (χ3v) is 5.38. The highest BCUT2D eigenvalue weighted by atomic mass is 16.2. The zero-order valence-corrected chi connectivity index (χ0v) is 17.2. The van der Waals surface area contributed by atoms with Gasteiger partial charge in [-0.05, 0) is 12.8 Å². The molecule has 3 heterocycles. The van der Waals surface area contributed by atoms with E-state index in [-0.39, 0.29) is 18.1 Å². The minimum atomic E-state index is -0.454. The van der Waals surface area contributed by atoms with Gasteiger partial charge in [0.1, 0.15) is 11.6 Å². The smallest absolute Gasteiger partial charge is 0.330 e. The zero-order chi connectivity index (χ0) is 21.0. The summed E-state index contributed by atoms with van der Waals surface area (Å²) in [5.74, 6) is 0.839. The van der Waals surface area contributed by atoms with Crippen molar-refractivity contribution in [2.75, 3.05) is 13.1 Å². The standard InChI is InChI=1S/C20H29N5O4/c1-3-5-11-24-15(6-7-16(27)23-12-8-14(26)9-13-23)21-18-17(24)19(28)22-20(29)25(18)10-4-2/h3-13H2,1-2H3,(H,22,28,29). The van der Waals surface area contributed by atoms with Gasteiger partial charge in [0, 0.05) is 51.9 Å². The number of rotatable bonds is 8. The zero-order valence-electron chi connectivity index (χ0n) is 17.2. The number of likely N-dealkylation sites (tertiary alicyclic amines) is 1. The van der Waals surface area contributed by atoms with E-state index in [0.29, 0.717) is 62.4 Å². The lowest BCUT2D eigenvalue weighted by atomic mass is 10.1. The van der Waals surface area contributed by atoms with E-state index in [1.54, 1.807) is 4.90 Å². The largest absolute Gasteiger partial charge is 0.342 e. The average Bonchev–Trinajstić information content (AvgIpc) is 3.07. The van der Waals surface area contributed by atoms with E-state index >= 15 is 0 Å². The lowest BCUT2D eigenvalue weighted by Crippen LogP contribution is -2.38. The Hall–Kier alpha value is -2.71. The number of H-pyrrole nitrogens is 1. The van der Waals surface area contributed by atoms with Gasteiger partial charge in [-0.2, -0.15) is 0 Å². The lowest BCUT2D eigenvalue weighted by Gasteiger charge is -2.26. The molecule has 0 bridgehead atoms. The molecule has 1 aliphatic heterocycles. The van der Waals surface area contributed by atoms with Gasteiger partial charge in [0.15, 0.2) is 11.2 Å². The number of nitrogens with one attached hydrogen (secondary N) is 1. The Kier molecular flexibility index (Phi) is 6.66. The predicted molar refractivity (Wildman–Crippen MR) is 109 cm³/mol. The summed E-state index contributed by atoms with van der Waals surface area (Å²) >= 11 is 0. The van der Waals surface area contributed by atoms with Gasteiger partial charge in [-0.3, -0.25) is 23.9 Å². The number of carbonyl (C=O) groups excluding carboxylic acids is 2. The molecule has 1 fully saturated rings. The van der Waals surface area contributed by atoms with Crippen LogP contribution in [0.15, 0.2) is 9.59 Å². The summed E-state index contributed by atoms with van der Waals surface area (Å²) in [5, 5.41) is 0. The van der Waals surface area contributed by atoms with E-state index in [1.807, 2.05) is 11.5 Å². The second-order valence-corrected chi connectivity index (χ2v) is 7.54. The maximum absolute atomic E-state index is 12.6. The Morgan fingerprint density at radius 3 is 2.41 bits per heavy atom. The number of piperidine rings is 1. The third-order valence-electron chi connectivity index (χ3n) is 5.38. The number of carbonyl (C=O) groups is 2. The molecule has 0 spiro atoms. The summed E-state index contributed by atoms with van der Waals surface area (Å²) in [7, 11) is 0. The number of aromatic nitrogens is 4. The molecule has 0 aliphatic carbocycles. The highest BCUT2D eigenvalue weighted by Gasteiger charge is 2.22. The second kappa shape index (κ2) is 9.19. The number of aromatic amines is 1. The van der Waals surface area contributed by atoms with Gasteiger partial charge in [-0.15, -0.1) is 0 Å². The molecular weight excluding hydrogens is 374 g/mol. The van der Waals surface area contributed by atoms with Gasteiger partial charge < -0.3 is 9.47 Å². The number of hydrogen-bond donors (Lipinski definition) is 1. The van der Waals surface area contributed by atoms with E-state index in [4.69, 9.17) is 0 Å². The first kappa shape index (κ1) is 21.0. The molecule has 29 heavy (non-hydrogen) atoms. The monoisotopic (exact) mass is 403 g/mol. The summed E-state index contributed by atoms with van der Waals surface area (Å²) in [4.78, 5) is 57.5. The quantitative estimate of drug-likeness (QED) is 0.713. The number of imidazole rings is 1. The van der Waals surface area contributed by atoms with Crippen LogP contribution in [0.1, 0.15) is 58.2 Å². The van der Waals surface area contributed by atoms with Crippen LogP contribution >= 0.6 is 0 Å². The highest BCUT2D eigenvalue weighted by molar-refractivity contribution is 5.83. The molecule has 9 heteroatoms. The van der Waals surface area contributed by atoms with Crippen molar-refractivity contribution in [3.05, 3.63) is 26.7 Å². The van der Waals surface area contributed by atoms with Gasteiger partial charge >= 0.3 is 5.69 Å². The van der Waals surface area contributed by atoms with Gasteiger partial charge in [-0.25, -0.2) is 9.78 Å². The first-order valence-electron chi connectivity index (χ1n) is 10.5. The van der Waals surface area contributed by atoms with Crippen LogP contribution in [0, 0.1) is 0 Å². The number of unbranched alkanes of at least 4 members (excludes halogenated alkanes) is 1. The first-order valence-corrected chi connectivity index (χ1v) is 10.5. The Labute approximate surface area is 168 Å². The predicted octanol–water partition coefficient (Wildman–Crippen LogP) is 1.22. The molecular formula is C20H29N5O4. The van der Waals surface area contributed by atoms with Crippen LogP contribution in [0.25, 0.3) is 11.2 Å². The Balaban J connectivity index is 1.91. The second-order valence-electron chi connectivity index (χ2n) is 7.54. The van der Waals surface area contributed by atoms with E-state index in [9.17, 15) is 19.2 Å². The van der Waals surface area contributed by atoms with Crippen molar-refractivity contribution >= 4 is 22.9 Å². The van der Waals surface area contributed by atoms with Crippen molar-refractivity contribution < 1.29 is 9.59 Å². The molecule has 1 saturated heterocycles. The molecule has 1 amide bonds. The molecule has 0 saturated carbocycles. The normalized spacial score (nSPS) is 14.7. The number of aryl methyl sites for hydroxylation is 3. The number of hydrogen-bond acceptors (Lipinski definition) is 5. The van der Waals surface area contributed by atoms with Crippen molar-refractivity contribution in [3.8, 4) is 0 Å². The van der Waals surface area contributed by atoms with Crippen molar-refractivity contribution in [2.24, 2.45) is 0 Å². The lowest BCUT2D eigenvalue weighted by molar-refractivity contribution is -0.134. The van der Waals surface area contributed by atoms with E-state index in [1.165, 1.54) is 4.57 Å². The van der Waals surface area contributed by atoms with E-state index in [2.05, 4.69) is 16.9 Å². The Bertz CT molecular complexity index is 1010. The average molecular weight is 403 g/mol. The van der Waals surface area contributed by atoms with Crippen molar-refractivity contribution in [1.29, 1.82) is 0 Å². The maximum Gasteiger partial charge on any atom is 0.330 e. The molecule has 9 nitrogen and oxygen atoms in total. The van der Waals surface area contributed by atoms with E-state index in [0.717, 1.165) is 19.3 Å². The minimum absolute atomic E-state index is 0.00791. The summed E-state index contributed by atoms with van der Waals surface area (Å²) in [6, 6.07) is 0. The number of Topliss-reactive ketones (excluding diaryl/α,β-unsaturated/α-hetero) is 1. The Morgan fingerprint density at radius 2 is 1.76 bits per heavy atom. The van der Waals surface area contributed by atoms with Crippen molar-refractivity contribution in [2.45, 2.75) is 71.9 Å². The van der Waals surface area contributed by atoms with Crippen LogP contribution < -0.4 is 11.2 Å². The molecule has 1 N–H and O–H groups in total. The van der Waals surface area contributed by atoms with E-state index < -0.39 is 11.2 Å². The van der Waals surface area contributed by atoms with Gasteiger partial charge in [0.2, 0.25) is 5.91 Å². The van der Waals surface area contributed by atoms with Gasteiger partial charge in [0.25, 0.3) is 5.56 Å². The van der Waals surface area contributed by atoms with Crippen molar-refractivity contribution in [1.82, 2.24) is 24.0 Å². The summed E-state index contributed by atoms with van der Waals surface area (Å²) in [6.45, 7) is 6.05. The van der Waals surface area contributed by atoms with Crippen LogP contribution in [-0.2, 0) is 29.1 Å². The summed E-state index contributed by atoms with van der Waals surface area (Å²) in [5.41, 5.74) is -0.0987. The fraction of sp³-hybridized carbons (Fsp3) is 0.650. The SMILES string of the molecule is CCCCn1c(CCC(=O)N2CCC(=O)CC2)nc2c1c(=O)[nH]c(=O)n2CCC. The highest BCUT2D eigenvalue weighted by Crippen LogP contribution is 2.16. The molecule has 0 aromatic carbocycles. The molecule has 3 rings (SSSR count). The molecule has 0 unspecified atom stereocenters. The molecule has 0 radical (unpaired) electrons. The fourth-order valence-corrected chi connectivity index (χ4v) is 3.78. The van der Waals surface area contributed by atoms with Gasteiger partial charge in [0.05, 0.1) is 0 Å². The molecule has 158 valence electrons. The van der Waals surface area contributed by atoms with Crippen LogP contribution in [0.5, 0.6) is 0 Å². The molecule has 0 atom stereocenters. The van der Waals surface area contributed by atoms with Crippen LogP contribution in [0.2, 0.25) is 0 Å². The fourth-order valence-electron chi connectivity index (χ4n) is 3.78. The molecule has 2 aromatic heterocycles. The van der Waals surface area contributed by atoms with Gasteiger partial charge in [-0.1, -0.05) is 20.3 Å².